The van der Waals surface area contributed by atoms with E-state index in [1.54, 1.807) is 68.7 Å². The van der Waals surface area contributed by atoms with Crippen LogP contribution >= 0.6 is 0 Å². The van der Waals surface area contributed by atoms with Gasteiger partial charge in [0.1, 0.15) is 18.8 Å². The number of aromatic amines is 1. The van der Waals surface area contributed by atoms with E-state index < -0.39 is 24.4 Å². The van der Waals surface area contributed by atoms with Crippen LogP contribution in [0, 0.1) is 13.8 Å². The van der Waals surface area contributed by atoms with Crippen LogP contribution in [0.2, 0.25) is 0 Å². The van der Waals surface area contributed by atoms with Crippen LogP contribution in [0.1, 0.15) is 11.1 Å². The van der Waals surface area contributed by atoms with Crippen molar-refractivity contribution in [3.05, 3.63) is 108 Å². The van der Waals surface area contributed by atoms with E-state index in [1.165, 1.54) is 25.7 Å². The van der Waals surface area contributed by atoms with Crippen molar-refractivity contribution in [2.75, 3.05) is 53.4 Å². The Kier molecular flexibility index (Phi) is 10.8. The molecule has 0 saturated carbocycles. The second kappa shape index (κ2) is 15.6. The molecule has 3 N–H and O–H groups in total. The molecule has 5 rings (SSSR count). The third-order valence-corrected chi connectivity index (χ3v) is 7.79. The van der Waals surface area contributed by atoms with Crippen molar-refractivity contribution in [2.45, 2.75) is 13.8 Å². The second-order valence-corrected chi connectivity index (χ2v) is 11.6. The van der Waals surface area contributed by atoms with E-state index in [-0.39, 0.29) is 24.8 Å². The number of carbonyl (C=O) groups excluding carboxylic acids is 4. The van der Waals surface area contributed by atoms with Crippen LogP contribution in [-0.4, -0.2) is 78.2 Å². The van der Waals surface area contributed by atoms with Crippen molar-refractivity contribution < 1.29 is 23.9 Å². The van der Waals surface area contributed by atoms with Gasteiger partial charge in [0, 0.05) is 48.5 Å². The van der Waals surface area contributed by atoms with E-state index >= 15 is 0 Å². The molecule has 0 unspecified atom stereocenters. The molecule has 0 aliphatic heterocycles. The van der Waals surface area contributed by atoms with E-state index in [2.05, 4.69) is 20.6 Å². The van der Waals surface area contributed by atoms with Gasteiger partial charge in [-0.15, -0.1) is 10.2 Å². The number of nitrogens with two attached hydrogens (primary N) is 1. The van der Waals surface area contributed by atoms with Crippen LogP contribution in [0.5, 0.6) is 5.75 Å². The fraction of sp³-hybridized carbons (Fsp3) is 0.194. The summed E-state index contributed by atoms with van der Waals surface area (Å²) in [6, 6.07) is 27.6. The summed E-state index contributed by atoms with van der Waals surface area (Å²) in [6.07, 6.45) is 0. The van der Waals surface area contributed by atoms with Crippen molar-refractivity contribution in [3.8, 4) is 17.1 Å². The van der Waals surface area contributed by atoms with E-state index in [0.717, 1.165) is 11.1 Å². The highest BCUT2D eigenvalue weighted by molar-refractivity contribution is 6.10. The highest BCUT2D eigenvalue weighted by Crippen LogP contribution is 2.27. The number of para-hydroxylation sites is 1. The molecule has 0 aliphatic carbocycles. The normalized spacial score (nSPS) is 10.6. The third-order valence-electron chi connectivity index (χ3n) is 7.79. The number of anilines is 4. The van der Waals surface area contributed by atoms with Crippen molar-refractivity contribution >= 4 is 46.5 Å². The van der Waals surface area contributed by atoms with Gasteiger partial charge >= 0.3 is 6.03 Å². The lowest BCUT2D eigenvalue weighted by Crippen LogP contribution is -2.50. The fourth-order valence-electron chi connectivity index (χ4n) is 5.28. The zero-order valence-corrected chi connectivity index (χ0v) is 28.1. The van der Waals surface area contributed by atoms with Crippen LogP contribution in [0.25, 0.3) is 11.4 Å². The minimum Gasteiger partial charge on any atom is -0.484 e. The van der Waals surface area contributed by atoms with Gasteiger partial charge < -0.3 is 20.3 Å². The van der Waals surface area contributed by atoms with Crippen molar-refractivity contribution in [3.63, 3.8) is 0 Å². The van der Waals surface area contributed by atoms with Gasteiger partial charge in [-0.2, -0.15) is 5.21 Å². The van der Waals surface area contributed by atoms with Gasteiger partial charge in [-0.05, 0) is 78.7 Å². The average Bonchev–Trinajstić information content (AvgIpc) is 3.66. The molecule has 1 heterocycles. The minimum absolute atomic E-state index is 0.270. The van der Waals surface area contributed by atoms with Gasteiger partial charge in [-0.25, -0.2) is 4.79 Å². The number of nitrogens with zero attached hydrogens (tertiary/aromatic N) is 7. The maximum absolute atomic E-state index is 14.4. The summed E-state index contributed by atoms with van der Waals surface area (Å²) in [4.78, 5) is 59.4. The predicted molar refractivity (Wildman–Crippen MR) is 190 cm³/mol. The number of rotatable bonds is 12. The fourth-order valence-corrected chi connectivity index (χ4v) is 5.28. The molecule has 14 heteroatoms. The van der Waals surface area contributed by atoms with E-state index in [9.17, 15) is 19.2 Å². The lowest BCUT2D eigenvalue weighted by Gasteiger charge is -2.31. The Morgan fingerprint density at radius 2 is 1.36 bits per heavy atom. The SMILES string of the molecule is Cc1cc(C)cc(N(CC(=O)N(CC(=O)N(C)c2ccccc2)c2cccc(OCC(N)=O)c2)C(=O)N(C)c2cccc(-c3nn[nH]n3)c2)c1. The first-order chi connectivity index (χ1) is 24.0. The minimum atomic E-state index is -0.669. The Labute approximate surface area is 289 Å². The number of H-pyrrole nitrogens is 1. The molecule has 0 atom stereocenters. The highest BCUT2D eigenvalue weighted by atomic mass is 16.5. The maximum atomic E-state index is 14.4. The molecule has 50 heavy (non-hydrogen) atoms. The summed E-state index contributed by atoms with van der Waals surface area (Å²) < 4.78 is 5.50. The summed E-state index contributed by atoms with van der Waals surface area (Å²) in [6.45, 7) is 2.65. The van der Waals surface area contributed by atoms with Crippen LogP contribution in [0.4, 0.5) is 27.5 Å². The zero-order valence-electron chi connectivity index (χ0n) is 28.1. The molecular weight excluding hydrogens is 638 g/mol. The number of nitrogens with one attached hydrogen (secondary N) is 1. The Balaban J connectivity index is 1.50. The first kappa shape index (κ1) is 34.8. The molecule has 256 valence electrons. The quantitative estimate of drug-likeness (QED) is 0.199. The van der Waals surface area contributed by atoms with Gasteiger partial charge in [-0.3, -0.25) is 24.2 Å². The Morgan fingerprint density at radius 1 is 0.700 bits per heavy atom. The van der Waals surface area contributed by atoms with Gasteiger partial charge in [0.2, 0.25) is 17.6 Å². The lowest BCUT2D eigenvalue weighted by atomic mass is 10.1. The number of primary amides is 1. The first-order valence-corrected chi connectivity index (χ1v) is 15.6. The molecule has 0 fully saturated rings. The highest BCUT2D eigenvalue weighted by Gasteiger charge is 2.29. The number of tetrazole rings is 1. The number of aromatic nitrogens is 4. The number of ether oxygens (including phenoxy) is 1. The first-order valence-electron chi connectivity index (χ1n) is 15.6. The second-order valence-electron chi connectivity index (χ2n) is 11.6. The largest absolute Gasteiger partial charge is 0.484 e. The molecule has 0 spiro atoms. The molecule has 0 bridgehead atoms. The Morgan fingerprint density at radius 3 is 2.04 bits per heavy atom. The molecule has 1 aromatic heterocycles. The van der Waals surface area contributed by atoms with Gasteiger partial charge in [0.15, 0.2) is 6.61 Å². The zero-order chi connectivity index (χ0) is 35.8. The molecule has 4 aromatic carbocycles. The number of amides is 5. The molecule has 5 aromatic rings. The van der Waals surface area contributed by atoms with Crippen LogP contribution in [-0.2, 0) is 14.4 Å². The Bertz CT molecular complexity index is 1970. The van der Waals surface area contributed by atoms with Gasteiger partial charge in [0.05, 0.1) is 0 Å². The van der Waals surface area contributed by atoms with Crippen LogP contribution in [0.3, 0.4) is 0 Å². The van der Waals surface area contributed by atoms with Crippen molar-refractivity contribution in [1.82, 2.24) is 20.6 Å². The summed E-state index contributed by atoms with van der Waals surface area (Å²) in [5, 5.41) is 14.1. The number of carbonyl (C=O) groups is 4. The number of benzene rings is 4. The molecule has 0 saturated heterocycles. The summed E-state index contributed by atoms with van der Waals surface area (Å²) in [7, 11) is 3.23. The summed E-state index contributed by atoms with van der Waals surface area (Å²) >= 11 is 0. The Hall–Kier alpha value is -6.57. The number of aryl methyl sites for hydroxylation is 2. The topological polar surface area (TPSA) is 171 Å². The average molecular weight is 676 g/mol. The number of likely N-dealkylation sites (N-methyl/N-ethyl adjacent to an activating group) is 1. The standard InChI is InChI=1S/C36H37N9O5/c1-24-16-25(2)18-30(17-24)45(36(49)43(4)28-13-8-10-26(19-28)35-38-40-41-39-35)22-34(48)44(21-33(47)42(3)27-11-6-5-7-12-27)29-14-9-15-31(20-29)50-23-32(37)46/h5-20H,21-23H2,1-4H3,(H2,37,46)(H,38,39,40,41). The van der Waals surface area contributed by atoms with Gasteiger partial charge in [0.25, 0.3) is 5.91 Å². The predicted octanol–water partition coefficient (Wildman–Crippen LogP) is 4.11. The molecule has 14 nitrogen and oxygen atoms in total. The molecule has 5 amide bonds. The summed E-state index contributed by atoms with van der Waals surface area (Å²) in [5.74, 6) is -0.971. The third kappa shape index (κ3) is 8.47. The van der Waals surface area contributed by atoms with Crippen LogP contribution in [0.15, 0.2) is 97.1 Å². The van der Waals surface area contributed by atoms with E-state index in [0.29, 0.717) is 34.1 Å². The summed E-state index contributed by atoms with van der Waals surface area (Å²) in [5.41, 5.74) is 9.66. The molecular formula is C36H37N9O5. The van der Waals surface area contributed by atoms with Crippen LogP contribution < -0.4 is 30.1 Å². The number of urea groups is 1. The molecule has 0 radical (unpaired) electrons. The smallest absolute Gasteiger partial charge is 0.329 e. The lowest BCUT2D eigenvalue weighted by molar-refractivity contribution is -0.121. The number of hydrogen-bond donors (Lipinski definition) is 2. The van der Waals surface area contributed by atoms with E-state index in [4.69, 9.17) is 10.5 Å². The van der Waals surface area contributed by atoms with Gasteiger partial charge in [-0.1, -0.05) is 42.5 Å². The number of hydrogen-bond acceptors (Lipinski definition) is 8. The van der Waals surface area contributed by atoms with E-state index in [1.807, 2.05) is 50.2 Å². The maximum Gasteiger partial charge on any atom is 0.329 e. The molecule has 0 aliphatic rings. The van der Waals surface area contributed by atoms with Crippen molar-refractivity contribution in [2.24, 2.45) is 5.73 Å². The monoisotopic (exact) mass is 675 g/mol. The van der Waals surface area contributed by atoms with Crippen molar-refractivity contribution in [1.29, 1.82) is 0 Å².